The molecule has 1 aromatic carbocycles. The molecule has 3 heteroatoms. The number of nitriles is 1. The predicted molar refractivity (Wildman–Crippen MR) is 53.5 cm³/mol. The van der Waals surface area contributed by atoms with Gasteiger partial charge in [0.25, 0.3) is 0 Å². The van der Waals surface area contributed by atoms with E-state index < -0.39 is 0 Å². The van der Waals surface area contributed by atoms with E-state index in [-0.39, 0.29) is 0 Å². The number of alkyl halides is 1. The Morgan fingerprint density at radius 2 is 2.25 bits per heavy atom. The quantitative estimate of drug-likeness (QED) is 0.695. The summed E-state index contributed by atoms with van der Waals surface area (Å²) in [5, 5.41) is 10.1. The van der Waals surface area contributed by atoms with Crippen molar-refractivity contribution in [1.29, 1.82) is 5.26 Å². The summed E-state index contributed by atoms with van der Waals surface area (Å²) in [5.41, 5.74) is 2.57. The number of nitrogens with zero attached hydrogens (tertiary/aromatic N) is 1. The van der Waals surface area contributed by atoms with Crippen LogP contribution in [0.1, 0.15) is 16.7 Å². The minimum absolute atomic E-state index is 0.663. The van der Waals surface area contributed by atoms with E-state index in [1.165, 1.54) is 0 Å². The molecule has 0 bridgehead atoms. The van der Waals surface area contributed by atoms with Crippen LogP contribution in [-0.4, -0.2) is 0 Å². The Bertz CT molecular complexity index is 341. The van der Waals surface area contributed by atoms with Gasteiger partial charge in [-0.25, -0.2) is 0 Å². The summed E-state index contributed by atoms with van der Waals surface area (Å²) in [7, 11) is 0. The summed E-state index contributed by atoms with van der Waals surface area (Å²) < 4.78 is 0. The molecule has 0 N–H and O–H groups in total. The van der Waals surface area contributed by atoms with Gasteiger partial charge in [0.2, 0.25) is 0 Å². The highest BCUT2D eigenvalue weighted by atomic mass is 79.9. The van der Waals surface area contributed by atoms with Crippen LogP contribution in [0.2, 0.25) is 5.02 Å². The molecule has 0 aromatic heterocycles. The van der Waals surface area contributed by atoms with Gasteiger partial charge in [-0.3, -0.25) is 0 Å². The van der Waals surface area contributed by atoms with Crippen LogP contribution in [0.3, 0.4) is 0 Å². The minimum atomic E-state index is 0.663. The Balaban J connectivity index is 3.31. The summed E-state index contributed by atoms with van der Waals surface area (Å²) in [4.78, 5) is 0. The third kappa shape index (κ3) is 1.80. The lowest BCUT2D eigenvalue weighted by atomic mass is 10.1. The van der Waals surface area contributed by atoms with Crippen molar-refractivity contribution in [3.63, 3.8) is 0 Å². The van der Waals surface area contributed by atoms with Crippen molar-refractivity contribution < 1.29 is 0 Å². The number of aryl methyl sites for hydroxylation is 1. The molecule has 1 rings (SSSR count). The highest BCUT2D eigenvalue weighted by Gasteiger charge is 2.03. The lowest BCUT2D eigenvalue weighted by molar-refractivity contribution is 1.33. The van der Waals surface area contributed by atoms with Gasteiger partial charge in [-0.05, 0) is 30.2 Å². The van der Waals surface area contributed by atoms with E-state index in [1.807, 2.05) is 13.0 Å². The maximum Gasteiger partial charge on any atom is 0.0994 e. The van der Waals surface area contributed by atoms with Crippen molar-refractivity contribution >= 4 is 27.5 Å². The third-order valence-corrected chi connectivity index (χ3v) is 2.66. The predicted octanol–water partition coefficient (Wildman–Crippen LogP) is 3.42. The van der Waals surface area contributed by atoms with E-state index in [9.17, 15) is 0 Å². The second-order valence-electron chi connectivity index (χ2n) is 2.50. The molecule has 0 aliphatic heterocycles. The van der Waals surface area contributed by atoms with Crippen molar-refractivity contribution in [2.45, 2.75) is 12.3 Å². The Labute approximate surface area is 85.1 Å². The third-order valence-electron chi connectivity index (χ3n) is 1.65. The van der Waals surface area contributed by atoms with Crippen LogP contribution in [0.25, 0.3) is 0 Å². The first kappa shape index (κ1) is 9.57. The molecule has 0 amide bonds. The summed E-state index contributed by atoms with van der Waals surface area (Å²) in [6.45, 7) is 1.89. The SMILES string of the molecule is Cc1cc(C#N)c(CBr)cc1Cl. The van der Waals surface area contributed by atoms with E-state index in [0.29, 0.717) is 15.9 Å². The Morgan fingerprint density at radius 3 is 2.75 bits per heavy atom. The first-order valence-electron chi connectivity index (χ1n) is 3.44. The molecule has 0 unspecified atom stereocenters. The molecule has 0 aliphatic carbocycles. The molecule has 0 fully saturated rings. The van der Waals surface area contributed by atoms with E-state index in [0.717, 1.165) is 11.1 Å². The molecule has 1 nitrogen and oxygen atoms in total. The molecule has 1 aromatic rings. The molecule has 12 heavy (non-hydrogen) atoms. The number of hydrogen-bond donors (Lipinski definition) is 0. The molecule has 0 spiro atoms. The van der Waals surface area contributed by atoms with Crippen LogP contribution >= 0.6 is 27.5 Å². The Hall–Kier alpha value is -0.520. The van der Waals surface area contributed by atoms with Gasteiger partial charge in [0.1, 0.15) is 0 Å². The zero-order valence-corrected chi connectivity index (χ0v) is 8.91. The number of hydrogen-bond acceptors (Lipinski definition) is 1. The van der Waals surface area contributed by atoms with Gasteiger partial charge in [0.15, 0.2) is 0 Å². The lowest BCUT2D eigenvalue weighted by Gasteiger charge is -2.02. The summed E-state index contributed by atoms with van der Waals surface area (Å²) in [5.74, 6) is 0. The van der Waals surface area contributed by atoms with Gasteiger partial charge < -0.3 is 0 Å². The van der Waals surface area contributed by atoms with E-state index in [4.69, 9.17) is 16.9 Å². The maximum absolute atomic E-state index is 8.75. The summed E-state index contributed by atoms with van der Waals surface area (Å²) in [6.07, 6.45) is 0. The van der Waals surface area contributed by atoms with E-state index >= 15 is 0 Å². The van der Waals surface area contributed by atoms with Gasteiger partial charge in [0, 0.05) is 10.4 Å². The highest BCUT2D eigenvalue weighted by molar-refractivity contribution is 9.08. The van der Waals surface area contributed by atoms with Crippen molar-refractivity contribution in [3.05, 3.63) is 33.8 Å². The van der Waals surface area contributed by atoms with Gasteiger partial charge in [-0.1, -0.05) is 27.5 Å². The van der Waals surface area contributed by atoms with Crippen molar-refractivity contribution in [2.75, 3.05) is 0 Å². The fourth-order valence-corrected chi connectivity index (χ4v) is 1.59. The smallest absolute Gasteiger partial charge is 0.0994 e. The van der Waals surface area contributed by atoms with E-state index in [2.05, 4.69) is 22.0 Å². The maximum atomic E-state index is 8.75. The van der Waals surface area contributed by atoms with Gasteiger partial charge in [0.05, 0.1) is 11.6 Å². The van der Waals surface area contributed by atoms with E-state index in [1.54, 1.807) is 6.07 Å². The largest absolute Gasteiger partial charge is 0.192 e. The standard InChI is InChI=1S/C9H7BrClN/c1-6-2-8(5-12)7(4-10)3-9(6)11/h2-3H,4H2,1H3. The van der Waals surface area contributed by atoms with Crippen LogP contribution in [0.4, 0.5) is 0 Å². The number of benzene rings is 1. The monoisotopic (exact) mass is 243 g/mol. The molecular weight excluding hydrogens is 237 g/mol. The zero-order valence-electron chi connectivity index (χ0n) is 6.56. The van der Waals surface area contributed by atoms with Crippen LogP contribution < -0.4 is 0 Å². The molecule has 0 aliphatic rings. The number of rotatable bonds is 1. The van der Waals surface area contributed by atoms with Gasteiger partial charge in [-0.15, -0.1) is 0 Å². The number of halogens is 2. The minimum Gasteiger partial charge on any atom is -0.192 e. The topological polar surface area (TPSA) is 23.8 Å². The van der Waals surface area contributed by atoms with Crippen LogP contribution in [-0.2, 0) is 5.33 Å². The molecule has 0 radical (unpaired) electrons. The molecule has 0 heterocycles. The second-order valence-corrected chi connectivity index (χ2v) is 3.47. The Kier molecular flexibility index (Phi) is 3.13. The van der Waals surface area contributed by atoms with Crippen molar-refractivity contribution in [1.82, 2.24) is 0 Å². The highest BCUT2D eigenvalue weighted by Crippen LogP contribution is 2.22. The van der Waals surface area contributed by atoms with Crippen LogP contribution in [0, 0.1) is 18.3 Å². The van der Waals surface area contributed by atoms with Crippen molar-refractivity contribution in [2.24, 2.45) is 0 Å². The normalized spacial score (nSPS) is 9.50. The fraction of sp³-hybridized carbons (Fsp3) is 0.222. The molecule has 62 valence electrons. The average Bonchev–Trinajstić information content (AvgIpc) is 2.09. The van der Waals surface area contributed by atoms with Crippen LogP contribution in [0.15, 0.2) is 12.1 Å². The molecule has 0 saturated heterocycles. The van der Waals surface area contributed by atoms with Crippen LogP contribution in [0.5, 0.6) is 0 Å². The molecule has 0 saturated carbocycles. The lowest BCUT2D eigenvalue weighted by Crippen LogP contribution is -1.87. The summed E-state index contributed by atoms with van der Waals surface area (Å²) in [6, 6.07) is 5.75. The second kappa shape index (κ2) is 3.93. The van der Waals surface area contributed by atoms with Gasteiger partial charge >= 0.3 is 0 Å². The first-order valence-corrected chi connectivity index (χ1v) is 4.94. The molecule has 0 atom stereocenters. The van der Waals surface area contributed by atoms with Gasteiger partial charge in [-0.2, -0.15) is 5.26 Å². The van der Waals surface area contributed by atoms with Crippen molar-refractivity contribution in [3.8, 4) is 6.07 Å². The molecular formula is C9H7BrClN. The first-order chi connectivity index (χ1) is 5.69. The summed E-state index contributed by atoms with van der Waals surface area (Å²) >= 11 is 9.19. The average molecular weight is 245 g/mol. The zero-order chi connectivity index (χ0) is 9.14. The fourth-order valence-electron chi connectivity index (χ4n) is 0.937. The Morgan fingerprint density at radius 1 is 1.58 bits per heavy atom.